The molecule has 2 aliphatic heterocycles. The van der Waals surface area contributed by atoms with Crippen molar-refractivity contribution in [1.29, 1.82) is 5.41 Å². The van der Waals surface area contributed by atoms with Gasteiger partial charge in [-0.25, -0.2) is 4.79 Å². The van der Waals surface area contributed by atoms with Gasteiger partial charge in [0, 0.05) is 5.69 Å². The second-order valence-electron chi connectivity index (χ2n) is 6.84. The zero-order valence-corrected chi connectivity index (χ0v) is 16.1. The Hall–Kier alpha value is -3.16. The minimum atomic E-state index is -1.80. The van der Waals surface area contributed by atoms with Crippen LogP contribution in [-0.2, 0) is 34.0 Å². The molecule has 2 N–H and O–H groups in total. The molecule has 2 heterocycles. The van der Waals surface area contributed by atoms with Gasteiger partial charge in [-0.05, 0) is 39.3 Å². The Kier molecular flexibility index (Phi) is 4.97. The van der Waals surface area contributed by atoms with Gasteiger partial charge in [0.1, 0.15) is 11.2 Å². The third-order valence-corrected chi connectivity index (χ3v) is 4.73. The minimum absolute atomic E-state index is 0.0445. The number of hydrogen-bond donors (Lipinski definition) is 2. The predicted molar refractivity (Wildman–Crippen MR) is 99.6 cm³/mol. The van der Waals surface area contributed by atoms with E-state index >= 15 is 0 Å². The number of carbonyl (C=O) groups excluding carboxylic acids is 3. The molecule has 8 heteroatoms. The van der Waals surface area contributed by atoms with Crippen LogP contribution in [0.1, 0.15) is 33.3 Å². The molecule has 1 aromatic rings. The first-order chi connectivity index (χ1) is 13.2. The fraction of sp³-hybridized carbons (Fsp3) is 0.400. The number of ether oxygens (including phenoxy) is 3. The summed E-state index contributed by atoms with van der Waals surface area (Å²) < 4.78 is 15.9. The summed E-state index contributed by atoms with van der Waals surface area (Å²) in [5.74, 6) is -4.06. The number of para-hydroxylation sites is 1. The van der Waals surface area contributed by atoms with Crippen LogP contribution in [0.15, 0.2) is 35.6 Å². The lowest BCUT2D eigenvalue weighted by molar-refractivity contribution is -0.152. The molecule has 1 spiro atoms. The van der Waals surface area contributed by atoms with Crippen molar-refractivity contribution in [3.63, 3.8) is 0 Å². The standard InChI is InChI=1S/C20H22N2O6/c1-5-26-17(23)15-16(21)28-11(4)14(18(24)27-10(2)3)20(15)12-8-6-7-9-13(12)22-19(20)25/h6-10,15,21H,5H2,1-4H3,(H,22,25). The molecular formula is C20H22N2O6. The van der Waals surface area contributed by atoms with Gasteiger partial charge in [0.2, 0.25) is 11.8 Å². The topological polar surface area (TPSA) is 115 Å². The fourth-order valence-electron chi connectivity index (χ4n) is 3.79. The zero-order chi connectivity index (χ0) is 20.6. The largest absolute Gasteiger partial charge is 0.465 e. The van der Waals surface area contributed by atoms with Crippen LogP contribution in [0.25, 0.3) is 0 Å². The number of benzene rings is 1. The van der Waals surface area contributed by atoms with Crippen molar-refractivity contribution in [2.75, 3.05) is 11.9 Å². The van der Waals surface area contributed by atoms with Crippen molar-refractivity contribution in [1.82, 2.24) is 0 Å². The molecule has 0 aliphatic carbocycles. The predicted octanol–water partition coefficient (Wildman–Crippen LogP) is 2.29. The van der Waals surface area contributed by atoms with Gasteiger partial charge in [0.05, 0.1) is 18.3 Å². The van der Waals surface area contributed by atoms with E-state index in [1.807, 2.05) is 0 Å². The van der Waals surface area contributed by atoms with E-state index in [0.29, 0.717) is 11.3 Å². The lowest BCUT2D eigenvalue weighted by Crippen LogP contribution is -2.56. The monoisotopic (exact) mass is 386 g/mol. The summed E-state index contributed by atoms with van der Waals surface area (Å²) in [6.45, 7) is 6.50. The maximum absolute atomic E-state index is 13.3. The molecule has 0 saturated heterocycles. The molecule has 1 aromatic carbocycles. The van der Waals surface area contributed by atoms with Crippen molar-refractivity contribution >= 4 is 29.4 Å². The summed E-state index contributed by atoms with van der Waals surface area (Å²) in [7, 11) is 0. The quantitative estimate of drug-likeness (QED) is 0.767. The van der Waals surface area contributed by atoms with Gasteiger partial charge in [0.15, 0.2) is 5.92 Å². The van der Waals surface area contributed by atoms with Crippen molar-refractivity contribution in [3.05, 3.63) is 41.2 Å². The molecule has 0 bridgehead atoms. The van der Waals surface area contributed by atoms with Crippen molar-refractivity contribution < 1.29 is 28.6 Å². The number of allylic oxidation sites excluding steroid dienone is 1. The third kappa shape index (κ3) is 2.76. The van der Waals surface area contributed by atoms with Crippen LogP contribution >= 0.6 is 0 Å². The molecule has 2 unspecified atom stereocenters. The number of rotatable bonds is 4. The first kappa shape index (κ1) is 19.6. The number of esters is 2. The van der Waals surface area contributed by atoms with Gasteiger partial charge >= 0.3 is 11.9 Å². The Morgan fingerprint density at radius 1 is 1.32 bits per heavy atom. The summed E-state index contributed by atoms with van der Waals surface area (Å²) >= 11 is 0. The summed E-state index contributed by atoms with van der Waals surface area (Å²) in [5.41, 5.74) is -1.04. The lowest BCUT2D eigenvalue weighted by atomic mass is 9.64. The second-order valence-corrected chi connectivity index (χ2v) is 6.84. The van der Waals surface area contributed by atoms with Gasteiger partial charge < -0.3 is 19.5 Å². The maximum atomic E-state index is 13.3. The van der Waals surface area contributed by atoms with E-state index < -0.39 is 41.2 Å². The molecule has 148 valence electrons. The average Bonchev–Trinajstić information content (AvgIpc) is 2.87. The second kappa shape index (κ2) is 7.10. The highest BCUT2D eigenvalue weighted by atomic mass is 16.6. The molecule has 0 fully saturated rings. The number of amides is 1. The van der Waals surface area contributed by atoms with Crippen LogP contribution in [0.2, 0.25) is 0 Å². The molecule has 2 aliphatic rings. The van der Waals surface area contributed by atoms with E-state index in [1.165, 1.54) is 6.92 Å². The van der Waals surface area contributed by atoms with Gasteiger partial charge in [-0.2, -0.15) is 0 Å². The average molecular weight is 386 g/mol. The number of anilines is 1. The molecular weight excluding hydrogens is 364 g/mol. The van der Waals surface area contributed by atoms with E-state index in [-0.39, 0.29) is 17.9 Å². The highest BCUT2D eigenvalue weighted by molar-refractivity contribution is 6.21. The minimum Gasteiger partial charge on any atom is -0.465 e. The van der Waals surface area contributed by atoms with Crippen LogP contribution in [-0.4, -0.2) is 36.5 Å². The van der Waals surface area contributed by atoms with Gasteiger partial charge in [-0.15, -0.1) is 0 Å². The number of nitrogens with one attached hydrogen (secondary N) is 2. The van der Waals surface area contributed by atoms with Crippen LogP contribution in [0.5, 0.6) is 0 Å². The molecule has 0 aromatic heterocycles. The van der Waals surface area contributed by atoms with Crippen molar-refractivity contribution in [2.24, 2.45) is 5.92 Å². The smallest absolute Gasteiger partial charge is 0.339 e. The summed E-state index contributed by atoms with van der Waals surface area (Å²) in [6.07, 6.45) is -0.452. The van der Waals surface area contributed by atoms with E-state index in [1.54, 1.807) is 45.0 Å². The Morgan fingerprint density at radius 3 is 2.64 bits per heavy atom. The molecule has 8 nitrogen and oxygen atoms in total. The number of hydrogen-bond acceptors (Lipinski definition) is 7. The van der Waals surface area contributed by atoms with E-state index in [9.17, 15) is 14.4 Å². The Balaban J connectivity index is 2.33. The maximum Gasteiger partial charge on any atom is 0.339 e. The lowest BCUT2D eigenvalue weighted by Gasteiger charge is -2.39. The van der Waals surface area contributed by atoms with Gasteiger partial charge in [-0.3, -0.25) is 15.0 Å². The van der Waals surface area contributed by atoms with E-state index in [0.717, 1.165) is 0 Å². The van der Waals surface area contributed by atoms with E-state index in [2.05, 4.69) is 5.32 Å². The van der Waals surface area contributed by atoms with Gasteiger partial charge in [0.25, 0.3) is 0 Å². The first-order valence-electron chi connectivity index (χ1n) is 9.01. The SMILES string of the molecule is CCOC(=O)C1C(=N)OC(C)=C(C(=O)OC(C)C)C12C(=O)Nc1ccccc12. The Bertz CT molecular complexity index is 904. The molecule has 1 amide bonds. The van der Waals surface area contributed by atoms with Crippen molar-refractivity contribution in [2.45, 2.75) is 39.2 Å². The molecule has 2 atom stereocenters. The molecule has 3 rings (SSSR count). The Morgan fingerprint density at radius 2 is 2.00 bits per heavy atom. The zero-order valence-electron chi connectivity index (χ0n) is 16.1. The first-order valence-corrected chi connectivity index (χ1v) is 9.01. The third-order valence-electron chi connectivity index (χ3n) is 4.73. The normalized spacial score (nSPS) is 23.4. The summed E-state index contributed by atoms with van der Waals surface area (Å²) in [4.78, 5) is 39.1. The molecule has 0 saturated carbocycles. The highest BCUT2D eigenvalue weighted by Crippen LogP contribution is 2.52. The molecule has 0 radical (unpaired) electrons. The van der Waals surface area contributed by atoms with Crippen LogP contribution in [0, 0.1) is 11.3 Å². The fourth-order valence-corrected chi connectivity index (χ4v) is 3.79. The molecule has 28 heavy (non-hydrogen) atoms. The highest BCUT2D eigenvalue weighted by Gasteiger charge is 2.65. The number of carbonyl (C=O) groups is 3. The summed E-state index contributed by atoms with van der Waals surface area (Å²) in [6, 6.07) is 6.74. The van der Waals surface area contributed by atoms with Crippen LogP contribution in [0.4, 0.5) is 5.69 Å². The van der Waals surface area contributed by atoms with E-state index in [4.69, 9.17) is 19.6 Å². The van der Waals surface area contributed by atoms with Crippen LogP contribution < -0.4 is 5.32 Å². The van der Waals surface area contributed by atoms with Crippen LogP contribution in [0.3, 0.4) is 0 Å². The van der Waals surface area contributed by atoms with Crippen molar-refractivity contribution in [3.8, 4) is 0 Å². The Labute approximate surface area is 162 Å². The van der Waals surface area contributed by atoms with Gasteiger partial charge in [-0.1, -0.05) is 18.2 Å². The number of fused-ring (bicyclic) bond motifs is 2. The summed E-state index contributed by atoms with van der Waals surface area (Å²) in [5, 5.41) is 11.0.